The Hall–Kier alpha value is -3.97. The van der Waals surface area contributed by atoms with Gasteiger partial charge in [0.2, 0.25) is 0 Å². The average molecular weight is 499 g/mol. The second-order valence-corrected chi connectivity index (χ2v) is 10.2. The summed E-state index contributed by atoms with van der Waals surface area (Å²) in [6.45, 7) is 7.77. The van der Waals surface area contributed by atoms with Crippen molar-refractivity contribution in [2.75, 3.05) is 12.0 Å². The highest BCUT2D eigenvalue weighted by Gasteiger charge is 2.48. The van der Waals surface area contributed by atoms with E-state index < -0.39 is 17.7 Å². The molecule has 0 bridgehead atoms. The Balaban J connectivity index is 1.78. The Bertz CT molecular complexity index is 1580. The number of methoxy groups -OCH3 is 1. The lowest BCUT2D eigenvalue weighted by Gasteiger charge is -2.23. The van der Waals surface area contributed by atoms with E-state index in [-0.39, 0.29) is 11.3 Å². The van der Waals surface area contributed by atoms with E-state index in [4.69, 9.17) is 9.72 Å². The number of rotatable bonds is 4. The second kappa shape index (κ2) is 8.91. The third kappa shape index (κ3) is 3.85. The molecule has 36 heavy (non-hydrogen) atoms. The van der Waals surface area contributed by atoms with Crippen molar-refractivity contribution in [1.29, 1.82) is 0 Å². The molecular weight excluding hydrogens is 472 g/mol. The van der Waals surface area contributed by atoms with Crippen molar-refractivity contribution >= 4 is 44.1 Å². The van der Waals surface area contributed by atoms with E-state index in [9.17, 15) is 14.7 Å². The SMILES string of the molecule is COc1cccc(C2/C(=C(\O)c3cc(C)ccc3C)C(=O)C(=O)N2c2nc3c(C)cc(C)cc3s2)c1. The van der Waals surface area contributed by atoms with E-state index in [0.717, 1.165) is 32.5 Å². The zero-order chi connectivity index (χ0) is 25.7. The van der Waals surface area contributed by atoms with Crippen molar-refractivity contribution in [2.24, 2.45) is 0 Å². The van der Waals surface area contributed by atoms with Gasteiger partial charge in [0.05, 0.1) is 28.9 Å². The summed E-state index contributed by atoms with van der Waals surface area (Å²) in [4.78, 5) is 33.2. The number of aliphatic hydroxyl groups is 1. The number of thiazole rings is 1. The number of ether oxygens (including phenoxy) is 1. The number of ketones is 1. The number of hydrogen-bond acceptors (Lipinski definition) is 6. The molecule has 4 aromatic rings. The summed E-state index contributed by atoms with van der Waals surface area (Å²) in [7, 11) is 1.56. The number of amides is 1. The molecule has 1 fully saturated rings. The van der Waals surface area contributed by atoms with E-state index in [1.165, 1.54) is 16.2 Å². The van der Waals surface area contributed by atoms with Crippen molar-refractivity contribution in [3.63, 3.8) is 0 Å². The maximum Gasteiger partial charge on any atom is 0.301 e. The Kier molecular flexibility index (Phi) is 5.88. The fraction of sp³-hybridized carbons (Fsp3) is 0.207. The molecule has 0 saturated carbocycles. The average Bonchev–Trinajstić information content (AvgIpc) is 3.39. The number of Topliss-reactive ketones (excluding diaryl/α,β-unsaturated/α-hetero) is 1. The largest absolute Gasteiger partial charge is 0.507 e. The van der Waals surface area contributed by atoms with E-state index in [1.807, 2.05) is 64.1 Å². The van der Waals surface area contributed by atoms with Crippen LogP contribution in [0.15, 0.2) is 60.2 Å². The first-order valence-corrected chi connectivity index (χ1v) is 12.4. The van der Waals surface area contributed by atoms with Crippen LogP contribution in [-0.2, 0) is 9.59 Å². The highest BCUT2D eigenvalue weighted by Crippen LogP contribution is 2.45. The monoisotopic (exact) mass is 498 g/mol. The lowest BCUT2D eigenvalue weighted by Crippen LogP contribution is -2.29. The predicted octanol–water partition coefficient (Wildman–Crippen LogP) is 6.16. The fourth-order valence-corrected chi connectivity index (χ4v) is 5.92. The molecule has 1 N–H and O–H groups in total. The number of aliphatic hydroxyl groups excluding tert-OH is 1. The fourth-order valence-electron chi connectivity index (χ4n) is 4.75. The molecule has 1 unspecified atom stereocenters. The van der Waals surface area contributed by atoms with Crippen LogP contribution >= 0.6 is 11.3 Å². The number of nitrogens with zero attached hydrogens (tertiary/aromatic N) is 2. The van der Waals surface area contributed by atoms with Crippen molar-refractivity contribution in [3.8, 4) is 5.75 Å². The summed E-state index contributed by atoms with van der Waals surface area (Å²) in [5, 5.41) is 11.9. The van der Waals surface area contributed by atoms with Gasteiger partial charge in [-0.15, -0.1) is 0 Å². The second-order valence-electron chi connectivity index (χ2n) is 9.19. The van der Waals surface area contributed by atoms with Crippen molar-refractivity contribution in [3.05, 3.63) is 93.6 Å². The van der Waals surface area contributed by atoms with Gasteiger partial charge in [-0.2, -0.15) is 0 Å². The topological polar surface area (TPSA) is 79.7 Å². The van der Waals surface area contributed by atoms with E-state index in [2.05, 4.69) is 0 Å². The zero-order valence-electron chi connectivity index (χ0n) is 20.7. The van der Waals surface area contributed by atoms with Crippen LogP contribution in [0.5, 0.6) is 5.75 Å². The molecule has 5 rings (SSSR count). The molecule has 3 aromatic carbocycles. The maximum atomic E-state index is 13.5. The van der Waals surface area contributed by atoms with Crippen LogP contribution in [0, 0.1) is 27.7 Å². The number of aromatic nitrogens is 1. The third-order valence-corrected chi connectivity index (χ3v) is 7.53. The quantitative estimate of drug-likeness (QED) is 0.207. The number of benzene rings is 3. The first-order chi connectivity index (χ1) is 17.2. The summed E-state index contributed by atoms with van der Waals surface area (Å²) < 4.78 is 6.35. The number of carbonyl (C=O) groups is 2. The molecule has 182 valence electrons. The minimum absolute atomic E-state index is 0.0362. The molecule has 0 aliphatic carbocycles. The number of hydrogen-bond donors (Lipinski definition) is 1. The molecule has 1 aliphatic rings. The summed E-state index contributed by atoms with van der Waals surface area (Å²) in [6.07, 6.45) is 0. The molecule has 6 nitrogen and oxygen atoms in total. The van der Waals surface area contributed by atoms with Crippen LogP contribution in [0.25, 0.3) is 16.0 Å². The van der Waals surface area contributed by atoms with Gasteiger partial charge in [0, 0.05) is 5.56 Å². The van der Waals surface area contributed by atoms with Gasteiger partial charge in [0.1, 0.15) is 11.5 Å². The van der Waals surface area contributed by atoms with Crippen molar-refractivity contribution < 1.29 is 19.4 Å². The van der Waals surface area contributed by atoms with E-state index in [0.29, 0.717) is 22.0 Å². The standard InChI is InChI=1S/C29H26N2O4S/c1-15-9-10-17(3)21(12-15)26(32)23-25(19-7-6-8-20(14-19)35-5)31(28(34)27(23)33)29-30-24-18(4)11-16(2)13-22(24)36-29/h6-14,25,32H,1-5H3/b26-23+. The van der Waals surface area contributed by atoms with Gasteiger partial charge in [-0.25, -0.2) is 4.98 Å². The van der Waals surface area contributed by atoms with Gasteiger partial charge in [-0.1, -0.05) is 47.2 Å². The maximum absolute atomic E-state index is 13.5. The van der Waals surface area contributed by atoms with Crippen LogP contribution < -0.4 is 9.64 Å². The molecule has 1 aliphatic heterocycles. The molecule has 7 heteroatoms. The minimum Gasteiger partial charge on any atom is -0.507 e. The van der Waals surface area contributed by atoms with E-state index in [1.54, 1.807) is 25.3 Å². The Labute approximate surface area is 213 Å². The van der Waals surface area contributed by atoms with Gasteiger partial charge in [-0.05, 0) is 74.2 Å². The smallest absolute Gasteiger partial charge is 0.301 e. The predicted molar refractivity (Wildman–Crippen MR) is 143 cm³/mol. The summed E-state index contributed by atoms with van der Waals surface area (Å²) in [5.74, 6) is -1.07. The molecule has 0 radical (unpaired) electrons. The van der Waals surface area contributed by atoms with Crippen LogP contribution in [0.3, 0.4) is 0 Å². The lowest BCUT2D eigenvalue weighted by molar-refractivity contribution is -0.132. The lowest BCUT2D eigenvalue weighted by atomic mass is 9.93. The molecular formula is C29H26N2O4S. The molecule has 2 heterocycles. The Morgan fingerprint density at radius 2 is 1.75 bits per heavy atom. The van der Waals surface area contributed by atoms with Gasteiger partial charge < -0.3 is 9.84 Å². The molecule has 1 amide bonds. The molecule has 1 aromatic heterocycles. The minimum atomic E-state index is -0.859. The number of anilines is 1. The van der Waals surface area contributed by atoms with Crippen molar-refractivity contribution in [2.45, 2.75) is 33.7 Å². The number of aryl methyl sites for hydroxylation is 4. The van der Waals surface area contributed by atoms with Gasteiger partial charge in [-0.3, -0.25) is 14.5 Å². The highest BCUT2D eigenvalue weighted by molar-refractivity contribution is 7.22. The van der Waals surface area contributed by atoms with Crippen LogP contribution in [0.1, 0.15) is 39.4 Å². The highest BCUT2D eigenvalue weighted by atomic mass is 32.1. The first kappa shape index (κ1) is 23.8. The zero-order valence-corrected chi connectivity index (χ0v) is 21.6. The normalized spacial score (nSPS) is 17.2. The first-order valence-electron chi connectivity index (χ1n) is 11.6. The van der Waals surface area contributed by atoms with Crippen LogP contribution in [-0.4, -0.2) is 28.9 Å². The third-order valence-electron chi connectivity index (χ3n) is 6.53. The molecule has 1 saturated heterocycles. The summed E-state index contributed by atoms with van der Waals surface area (Å²) in [5.41, 5.74) is 5.83. The van der Waals surface area contributed by atoms with Crippen LogP contribution in [0.2, 0.25) is 0 Å². The summed E-state index contributed by atoms with van der Waals surface area (Å²) in [6, 6.07) is 16.1. The van der Waals surface area contributed by atoms with E-state index >= 15 is 0 Å². The van der Waals surface area contributed by atoms with Crippen LogP contribution in [0.4, 0.5) is 5.13 Å². The van der Waals surface area contributed by atoms with Gasteiger partial charge in [0.25, 0.3) is 5.78 Å². The van der Waals surface area contributed by atoms with Gasteiger partial charge in [0.15, 0.2) is 5.13 Å². The molecule has 0 spiro atoms. The summed E-state index contributed by atoms with van der Waals surface area (Å²) >= 11 is 1.36. The Morgan fingerprint density at radius 3 is 2.50 bits per heavy atom. The number of fused-ring (bicyclic) bond motifs is 1. The van der Waals surface area contributed by atoms with Crippen molar-refractivity contribution in [1.82, 2.24) is 4.98 Å². The number of carbonyl (C=O) groups excluding carboxylic acids is 2. The Morgan fingerprint density at radius 1 is 0.972 bits per heavy atom. The molecule has 1 atom stereocenters. The van der Waals surface area contributed by atoms with Gasteiger partial charge >= 0.3 is 5.91 Å².